The van der Waals surface area contributed by atoms with E-state index in [1.54, 1.807) is 0 Å². The maximum absolute atomic E-state index is 11.2. The molecule has 0 aliphatic rings. The van der Waals surface area contributed by atoms with Gasteiger partial charge in [-0.25, -0.2) is 0 Å². The fraction of sp³-hybridized carbons (Fsp3) is 0.357. The first-order valence-corrected chi connectivity index (χ1v) is 5.76. The van der Waals surface area contributed by atoms with E-state index >= 15 is 0 Å². The Morgan fingerprint density at radius 1 is 1.24 bits per heavy atom. The molecule has 0 aliphatic heterocycles. The Hall–Kier alpha value is -1.77. The minimum atomic E-state index is -0.276. The van der Waals surface area contributed by atoms with Crippen molar-refractivity contribution >= 4 is 16.8 Å². The van der Waals surface area contributed by atoms with Gasteiger partial charge in [0, 0.05) is 18.1 Å². The molecule has 0 saturated carbocycles. The normalized spacial score (nSPS) is 11.1. The lowest BCUT2D eigenvalue weighted by atomic mass is 10.0. The molecule has 3 nitrogen and oxygen atoms in total. The number of aryl methyl sites for hydroxylation is 3. The lowest BCUT2D eigenvalue weighted by Gasteiger charge is -2.04. The van der Waals surface area contributed by atoms with Crippen LogP contribution in [0.2, 0.25) is 0 Å². The van der Waals surface area contributed by atoms with Crippen molar-refractivity contribution in [2.45, 2.75) is 27.2 Å². The molecule has 2 rings (SSSR count). The van der Waals surface area contributed by atoms with Crippen LogP contribution in [0.1, 0.15) is 22.4 Å². The van der Waals surface area contributed by atoms with Crippen molar-refractivity contribution in [3.05, 3.63) is 34.5 Å². The molecule has 0 fully saturated rings. The Morgan fingerprint density at radius 3 is 2.41 bits per heavy atom. The van der Waals surface area contributed by atoms with Gasteiger partial charge in [0.15, 0.2) is 0 Å². The molecule has 0 saturated heterocycles. The molecule has 17 heavy (non-hydrogen) atoms. The number of carbonyl (C=O) groups is 1. The maximum Gasteiger partial charge on any atom is 0.221 e. The molecular weight excluding hydrogens is 212 g/mol. The first-order valence-electron chi connectivity index (χ1n) is 5.76. The van der Waals surface area contributed by atoms with Crippen molar-refractivity contribution in [1.82, 2.24) is 4.57 Å². The maximum atomic E-state index is 11.2. The van der Waals surface area contributed by atoms with Gasteiger partial charge in [-0.1, -0.05) is 12.1 Å². The molecule has 2 aromatic rings. The largest absolute Gasteiger partial charge is 0.369 e. The quantitative estimate of drug-likeness (QED) is 0.844. The van der Waals surface area contributed by atoms with Crippen LogP contribution in [0.3, 0.4) is 0 Å². The van der Waals surface area contributed by atoms with Gasteiger partial charge < -0.3 is 10.3 Å². The van der Waals surface area contributed by atoms with E-state index < -0.39 is 0 Å². The van der Waals surface area contributed by atoms with Crippen molar-refractivity contribution in [1.29, 1.82) is 0 Å². The average molecular weight is 230 g/mol. The number of hydrogen-bond donors (Lipinski definition) is 1. The minimum Gasteiger partial charge on any atom is -0.369 e. The standard InChI is InChI=1S/C14H18N2O/c1-8-5-6-9(2)14-13(8)11(7-12(15)17)10(3)16(14)4/h5-6H,7H2,1-4H3,(H2,15,17). The van der Waals surface area contributed by atoms with Crippen molar-refractivity contribution in [2.75, 3.05) is 0 Å². The summed E-state index contributed by atoms with van der Waals surface area (Å²) in [6, 6.07) is 4.22. The van der Waals surface area contributed by atoms with E-state index in [9.17, 15) is 4.79 Å². The van der Waals surface area contributed by atoms with Gasteiger partial charge in [-0.3, -0.25) is 4.79 Å². The Balaban J connectivity index is 2.88. The van der Waals surface area contributed by atoms with Crippen LogP contribution in [0, 0.1) is 20.8 Å². The molecule has 3 heteroatoms. The van der Waals surface area contributed by atoms with Gasteiger partial charge in [0.25, 0.3) is 0 Å². The van der Waals surface area contributed by atoms with Gasteiger partial charge in [0.2, 0.25) is 5.91 Å². The highest BCUT2D eigenvalue weighted by Gasteiger charge is 2.16. The van der Waals surface area contributed by atoms with Crippen molar-refractivity contribution in [3.8, 4) is 0 Å². The van der Waals surface area contributed by atoms with E-state index in [0.29, 0.717) is 6.42 Å². The Morgan fingerprint density at radius 2 is 1.82 bits per heavy atom. The summed E-state index contributed by atoms with van der Waals surface area (Å²) in [6.45, 7) is 6.21. The number of fused-ring (bicyclic) bond motifs is 1. The number of nitrogens with two attached hydrogens (primary N) is 1. The third-order valence-electron chi connectivity index (χ3n) is 3.52. The van der Waals surface area contributed by atoms with Gasteiger partial charge in [0.05, 0.1) is 11.9 Å². The van der Waals surface area contributed by atoms with Gasteiger partial charge in [-0.2, -0.15) is 0 Å². The summed E-state index contributed by atoms with van der Waals surface area (Å²) in [5.74, 6) is -0.276. The Kier molecular flexibility index (Phi) is 2.69. The summed E-state index contributed by atoms with van der Waals surface area (Å²) in [6.07, 6.45) is 0.313. The monoisotopic (exact) mass is 230 g/mol. The van der Waals surface area contributed by atoms with Gasteiger partial charge in [-0.05, 0) is 37.5 Å². The zero-order chi connectivity index (χ0) is 12.7. The van der Waals surface area contributed by atoms with Crippen LogP contribution in [0.5, 0.6) is 0 Å². The molecule has 0 atom stereocenters. The molecular formula is C14H18N2O. The van der Waals surface area contributed by atoms with Crippen LogP contribution in [-0.4, -0.2) is 10.5 Å². The molecule has 1 aromatic heterocycles. The summed E-state index contributed by atoms with van der Waals surface area (Å²) >= 11 is 0. The van der Waals surface area contributed by atoms with Gasteiger partial charge in [-0.15, -0.1) is 0 Å². The Bertz CT molecular complexity index is 608. The number of amides is 1. The topological polar surface area (TPSA) is 48.0 Å². The van der Waals surface area contributed by atoms with Crippen molar-refractivity contribution in [3.63, 3.8) is 0 Å². The van der Waals surface area contributed by atoms with E-state index in [1.165, 1.54) is 22.0 Å². The van der Waals surface area contributed by atoms with Crippen LogP contribution in [0.25, 0.3) is 10.9 Å². The van der Waals surface area contributed by atoms with Crippen molar-refractivity contribution in [2.24, 2.45) is 12.8 Å². The fourth-order valence-electron chi connectivity index (χ4n) is 2.55. The molecule has 2 N–H and O–H groups in total. The van der Waals surface area contributed by atoms with E-state index in [-0.39, 0.29) is 5.91 Å². The second-order valence-electron chi connectivity index (χ2n) is 4.69. The van der Waals surface area contributed by atoms with Gasteiger partial charge >= 0.3 is 0 Å². The van der Waals surface area contributed by atoms with Crippen LogP contribution in [0.4, 0.5) is 0 Å². The van der Waals surface area contributed by atoms with E-state index in [2.05, 4.69) is 30.5 Å². The third-order valence-corrected chi connectivity index (χ3v) is 3.52. The molecule has 90 valence electrons. The SMILES string of the molecule is Cc1ccc(C)c2c1c(CC(N)=O)c(C)n2C. The second-order valence-corrected chi connectivity index (χ2v) is 4.69. The molecule has 0 radical (unpaired) electrons. The first kappa shape index (κ1) is 11.7. The highest BCUT2D eigenvalue weighted by molar-refractivity contribution is 5.94. The number of nitrogens with zero attached hydrogens (tertiary/aromatic N) is 1. The molecule has 1 aromatic carbocycles. The zero-order valence-electron chi connectivity index (χ0n) is 10.8. The van der Waals surface area contributed by atoms with Crippen LogP contribution >= 0.6 is 0 Å². The first-order chi connectivity index (χ1) is 7.93. The molecule has 0 aliphatic carbocycles. The predicted molar refractivity (Wildman–Crippen MR) is 70.0 cm³/mol. The fourth-order valence-corrected chi connectivity index (χ4v) is 2.55. The zero-order valence-corrected chi connectivity index (χ0v) is 10.8. The number of carbonyl (C=O) groups excluding carboxylic acids is 1. The van der Waals surface area contributed by atoms with E-state index in [4.69, 9.17) is 5.73 Å². The van der Waals surface area contributed by atoms with E-state index in [0.717, 1.165) is 11.3 Å². The molecule has 1 heterocycles. The van der Waals surface area contributed by atoms with Crippen LogP contribution < -0.4 is 5.73 Å². The van der Waals surface area contributed by atoms with Gasteiger partial charge in [0.1, 0.15) is 0 Å². The summed E-state index contributed by atoms with van der Waals surface area (Å²) in [5.41, 5.74) is 11.2. The summed E-state index contributed by atoms with van der Waals surface area (Å²) < 4.78 is 2.15. The molecule has 0 bridgehead atoms. The smallest absolute Gasteiger partial charge is 0.221 e. The molecule has 0 unspecified atom stereocenters. The summed E-state index contributed by atoms with van der Waals surface area (Å²) in [7, 11) is 2.04. The third kappa shape index (κ3) is 1.71. The van der Waals surface area contributed by atoms with Crippen LogP contribution in [0.15, 0.2) is 12.1 Å². The number of rotatable bonds is 2. The summed E-state index contributed by atoms with van der Waals surface area (Å²) in [4.78, 5) is 11.2. The summed E-state index contributed by atoms with van der Waals surface area (Å²) in [5, 5.41) is 1.18. The molecule has 1 amide bonds. The average Bonchev–Trinajstić information content (AvgIpc) is 2.49. The Labute approximate surface area is 101 Å². The number of benzene rings is 1. The number of aromatic nitrogens is 1. The lowest BCUT2D eigenvalue weighted by molar-refractivity contribution is -0.117. The van der Waals surface area contributed by atoms with E-state index in [1.807, 2.05) is 14.0 Å². The lowest BCUT2D eigenvalue weighted by Crippen LogP contribution is -2.14. The van der Waals surface area contributed by atoms with Crippen molar-refractivity contribution < 1.29 is 4.79 Å². The van der Waals surface area contributed by atoms with Crippen LogP contribution in [-0.2, 0) is 18.3 Å². The highest BCUT2D eigenvalue weighted by Crippen LogP contribution is 2.30. The number of primary amides is 1. The highest BCUT2D eigenvalue weighted by atomic mass is 16.1. The minimum absolute atomic E-state index is 0.276. The second kappa shape index (κ2) is 3.91. The molecule has 0 spiro atoms. The predicted octanol–water partition coefficient (Wildman–Crippen LogP) is 2.13. The number of hydrogen-bond acceptors (Lipinski definition) is 1.